The number of alkyl halides is 1. The van der Waals surface area contributed by atoms with E-state index in [9.17, 15) is 5.11 Å². The second kappa shape index (κ2) is 4.32. The Hall–Kier alpha value is -0.230. The highest BCUT2D eigenvalue weighted by Crippen LogP contribution is 2.18. The molecule has 2 unspecified atom stereocenters. The van der Waals surface area contributed by atoms with Crippen LogP contribution in [-0.4, -0.2) is 28.8 Å². The standard InChI is InChI=1S/C10H15ClO2/c1-10(2,12)6-5-9-8(11)4-3-7-13-9/h8-9,12H,3-4,7H2,1-2H3. The molecule has 0 aromatic rings. The monoisotopic (exact) mass is 202 g/mol. The zero-order valence-corrected chi connectivity index (χ0v) is 8.77. The van der Waals surface area contributed by atoms with Crippen LogP contribution in [-0.2, 0) is 4.74 Å². The number of hydrogen-bond acceptors (Lipinski definition) is 2. The van der Waals surface area contributed by atoms with Gasteiger partial charge in [-0.2, -0.15) is 0 Å². The lowest BCUT2D eigenvalue weighted by Gasteiger charge is -2.23. The van der Waals surface area contributed by atoms with Gasteiger partial charge in [0.05, 0.1) is 5.38 Å². The molecule has 0 spiro atoms. The first kappa shape index (κ1) is 10.8. The van der Waals surface area contributed by atoms with Crippen LogP contribution in [0.25, 0.3) is 0 Å². The Morgan fingerprint density at radius 1 is 1.54 bits per heavy atom. The summed E-state index contributed by atoms with van der Waals surface area (Å²) in [5, 5.41) is 9.32. The SMILES string of the molecule is CC(C)(O)C#CC1OCCCC1Cl. The number of rotatable bonds is 0. The summed E-state index contributed by atoms with van der Waals surface area (Å²) >= 11 is 6.00. The van der Waals surface area contributed by atoms with E-state index in [2.05, 4.69) is 11.8 Å². The lowest BCUT2D eigenvalue weighted by atomic mass is 10.1. The zero-order valence-electron chi connectivity index (χ0n) is 8.01. The molecule has 0 aliphatic carbocycles. The quantitative estimate of drug-likeness (QED) is 0.477. The fourth-order valence-corrected chi connectivity index (χ4v) is 1.41. The van der Waals surface area contributed by atoms with E-state index in [0.717, 1.165) is 12.8 Å². The Morgan fingerprint density at radius 3 is 2.77 bits per heavy atom. The first-order valence-electron chi connectivity index (χ1n) is 4.50. The third kappa shape index (κ3) is 3.99. The van der Waals surface area contributed by atoms with Gasteiger partial charge in [0.1, 0.15) is 11.7 Å². The molecule has 1 aliphatic rings. The van der Waals surface area contributed by atoms with Gasteiger partial charge in [0.2, 0.25) is 0 Å². The van der Waals surface area contributed by atoms with Crippen LogP contribution in [0.1, 0.15) is 26.7 Å². The van der Waals surface area contributed by atoms with E-state index in [-0.39, 0.29) is 11.5 Å². The van der Waals surface area contributed by atoms with Crippen molar-refractivity contribution in [3.63, 3.8) is 0 Å². The molecule has 1 saturated heterocycles. The van der Waals surface area contributed by atoms with E-state index < -0.39 is 5.60 Å². The van der Waals surface area contributed by atoms with Crippen LogP contribution in [0.4, 0.5) is 0 Å². The Bertz CT molecular complexity index is 221. The van der Waals surface area contributed by atoms with Crippen molar-refractivity contribution in [2.24, 2.45) is 0 Å². The van der Waals surface area contributed by atoms with Crippen LogP contribution in [0.3, 0.4) is 0 Å². The van der Waals surface area contributed by atoms with Gasteiger partial charge in [-0.1, -0.05) is 11.8 Å². The molecule has 0 saturated carbocycles. The van der Waals surface area contributed by atoms with Crippen LogP contribution in [0.2, 0.25) is 0 Å². The number of aliphatic hydroxyl groups is 1. The van der Waals surface area contributed by atoms with Crippen LogP contribution in [0.15, 0.2) is 0 Å². The predicted octanol–water partition coefficient (Wildman–Crippen LogP) is 1.55. The van der Waals surface area contributed by atoms with Crippen molar-refractivity contribution in [3.05, 3.63) is 0 Å². The largest absolute Gasteiger partial charge is 0.378 e. The molecule has 1 N–H and O–H groups in total. The fraction of sp³-hybridized carbons (Fsp3) is 0.800. The van der Waals surface area contributed by atoms with Crippen molar-refractivity contribution in [2.45, 2.75) is 43.8 Å². The van der Waals surface area contributed by atoms with Crippen LogP contribution < -0.4 is 0 Å². The highest BCUT2D eigenvalue weighted by Gasteiger charge is 2.22. The molecule has 2 atom stereocenters. The maximum Gasteiger partial charge on any atom is 0.134 e. The molecule has 1 aliphatic heterocycles. The van der Waals surface area contributed by atoms with E-state index in [1.54, 1.807) is 13.8 Å². The van der Waals surface area contributed by atoms with Gasteiger partial charge < -0.3 is 9.84 Å². The molecule has 1 heterocycles. The highest BCUT2D eigenvalue weighted by molar-refractivity contribution is 6.21. The average Bonchev–Trinajstić information content (AvgIpc) is 2.01. The van der Waals surface area contributed by atoms with Crippen LogP contribution in [0.5, 0.6) is 0 Å². The Labute approximate surface area is 84.2 Å². The van der Waals surface area contributed by atoms with E-state index in [4.69, 9.17) is 16.3 Å². The second-order valence-corrected chi connectivity index (χ2v) is 4.34. The second-order valence-electron chi connectivity index (χ2n) is 3.78. The lowest BCUT2D eigenvalue weighted by molar-refractivity contribution is 0.0549. The lowest BCUT2D eigenvalue weighted by Crippen LogP contribution is -2.29. The zero-order chi connectivity index (χ0) is 9.90. The van der Waals surface area contributed by atoms with E-state index in [1.165, 1.54) is 0 Å². The van der Waals surface area contributed by atoms with Crippen molar-refractivity contribution >= 4 is 11.6 Å². The first-order chi connectivity index (χ1) is 5.99. The molecule has 13 heavy (non-hydrogen) atoms. The third-order valence-corrected chi connectivity index (χ3v) is 2.22. The molecule has 1 fully saturated rings. The molecule has 1 rings (SSSR count). The Morgan fingerprint density at radius 2 is 2.23 bits per heavy atom. The highest BCUT2D eigenvalue weighted by atomic mass is 35.5. The van der Waals surface area contributed by atoms with Gasteiger partial charge >= 0.3 is 0 Å². The number of ether oxygens (including phenoxy) is 1. The summed E-state index contributed by atoms with van der Waals surface area (Å²) in [6.45, 7) is 4.01. The maximum absolute atomic E-state index is 9.36. The molecule has 74 valence electrons. The molecule has 0 aromatic carbocycles. The van der Waals surface area contributed by atoms with Crippen molar-refractivity contribution in [3.8, 4) is 11.8 Å². The summed E-state index contributed by atoms with van der Waals surface area (Å²) < 4.78 is 5.37. The third-order valence-electron chi connectivity index (χ3n) is 1.77. The Kier molecular flexibility index (Phi) is 3.61. The summed E-state index contributed by atoms with van der Waals surface area (Å²) in [5.41, 5.74) is -0.961. The topological polar surface area (TPSA) is 29.5 Å². The van der Waals surface area contributed by atoms with Crippen molar-refractivity contribution in [2.75, 3.05) is 6.61 Å². The minimum Gasteiger partial charge on any atom is -0.378 e. The molecule has 0 aromatic heterocycles. The van der Waals surface area contributed by atoms with Crippen LogP contribution in [0, 0.1) is 11.8 Å². The first-order valence-corrected chi connectivity index (χ1v) is 4.93. The number of hydrogen-bond donors (Lipinski definition) is 1. The summed E-state index contributed by atoms with van der Waals surface area (Å²) in [6.07, 6.45) is 1.71. The minimum atomic E-state index is -0.961. The van der Waals surface area contributed by atoms with Gasteiger partial charge in [0.25, 0.3) is 0 Å². The molecular formula is C10H15ClO2. The van der Waals surface area contributed by atoms with Crippen molar-refractivity contribution < 1.29 is 9.84 Å². The summed E-state index contributed by atoms with van der Waals surface area (Å²) in [6, 6.07) is 0. The summed E-state index contributed by atoms with van der Waals surface area (Å²) in [4.78, 5) is 0. The maximum atomic E-state index is 9.36. The van der Waals surface area contributed by atoms with Crippen LogP contribution >= 0.6 is 11.6 Å². The summed E-state index contributed by atoms with van der Waals surface area (Å²) in [5.74, 6) is 5.58. The van der Waals surface area contributed by atoms with E-state index >= 15 is 0 Å². The normalized spacial score (nSPS) is 29.2. The number of halogens is 1. The molecular weight excluding hydrogens is 188 g/mol. The average molecular weight is 203 g/mol. The minimum absolute atomic E-state index is 0.0383. The smallest absolute Gasteiger partial charge is 0.134 e. The molecule has 0 bridgehead atoms. The molecule has 0 radical (unpaired) electrons. The van der Waals surface area contributed by atoms with Crippen molar-refractivity contribution in [1.82, 2.24) is 0 Å². The summed E-state index contributed by atoms with van der Waals surface area (Å²) in [7, 11) is 0. The van der Waals surface area contributed by atoms with E-state index in [0.29, 0.717) is 6.61 Å². The van der Waals surface area contributed by atoms with Gasteiger partial charge in [-0.05, 0) is 26.7 Å². The molecule has 2 nitrogen and oxygen atoms in total. The fourth-order valence-electron chi connectivity index (χ4n) is 1.12. The molecule has 3 heteroatoms. The van der Waals surface area contributed by atoms with Gasteiger partial charge in [-0.3, -0.25) is 0 Å². The van der Waals surface area contributed by atoms with Crippen molar-refractivity contribution in [1.29, 1.82) is 0 Å². The predicted molar refractivity (Wildman–Crippen MR) is 52.7 cm³/mol. The van der Waals surface area contributed by atoms with Gasteiger partial charge in [-0.15, -0.1) is 11.6 Å². The van der Waals surface area contributed by atoms with Gasteiger partial charge in [0, 0.05) is 6.61 Å². The van der Waals surface area contributed by atoms with E-state index in [1.807, 2.05) is 0 Å². The van der Waals surface area contributed by atoms with Gasteiger partial charge in [0.15, 0.2) is 0 Å². The molecule has 0 amide bonds. The van der Waals surface area contributed by atoms with Gasteiger partial charge in [-0.25, -0.2) is 0 Å². The Balaban J connectivity index is 2.54.